The number of hydrogen-bond acceptors (Lipinski definition) is 8. The van der Waals surface area contributed by atoms with Crippen molar-refractivity contribution in [1.29, 1.82) is 0 Å². The molecular weight excluding hydrogens is 630 g/mol. The molecule has 282 valence electrons. The van der Waals surface area contributed by atoms with Crippen LogP contribution in [0.1, 0.15) is 100 Å². The van der Waals surface area contributed by atoms with Crippen LogP contribution < -0.4 is 0 Å². The quantitative estimate of drug-likeness (QED) is 0.310. The molecule has 47 heavy (non-hydrogen) atoms. The van der Waals surface area contributed by atoms with Crippen LogP contribution in [-0.2, 0) is 0 Å². The summed E-state index contributed by atoms with van der Waals surface area (Å²) >= 11 is 0. The molecule has 2 unspecified atom stereocenters. The molecule has 8 nitrogen and oxygen atoms in total. The van der Waals surface area contributed by atoms with Crippen molar-refractivity contribution in [1.82, 2.24) is 19.6 Å². The third-order valence-electron chi connectivity index (χ3n) is 9.81. The second-order valence-electron chi connectivity index (χ2n) is 14.7. The molecule has 0 aromatic rings. The second kappa shape index (κ2) is 19.0. The highest BCUT2D eigenvalue weighted by atomic mass is 19.4. The number of hydrogen-bond donors (Lipinski definition) is 4. The fraction of sp³-hybridized carbons (Fsp3) is 1.00. The van der Waals surface area contributed by atoms with E-state index in [0.29, 0.717) is 31.7 Å². The van der Waals surface area contributed by atoms with E-state index in [1.807, 2.05) is 32.6 Å². The van der Waals surface area contributed by atoms with Gasteiger partial charge in [-0.05, 0) is 107 Å². The minimum atomic E-state index is -4.50. The Labute approximate surface area is 279 Å². The van der Waals surface area contributed by atoms with Crippen molar-refractivity contribution in [3.63, 3.8) is 0 Å². The highest BCUT2D eigenvalue weighted by molar-refractivity contribution is 4.96. The van der Waals surface area contributed by atoms with Gasteiger partial charge in [-0.2, -0.15) is 26.3 Å². The zero-order valence-corrected chi connectivity index (χ0v) is 29.9. The van der Waals surface area contributed by atoms with E-state index in [1.165, 1.54) is 0 Å². The van der Waals surface area contributed by atoms with Gasteiger partial charge in [0, 0.05) is 70.0 Å². The highest BCUT2D eigenvalue weighted by Gasteiger charge is 2.57. The van der Waals surface area contributed by atoms with Gasteiger partial charge in [0.15, 0.2) is 11.2 Å². The molecule has 0 radical (unpaired) electrons. The van der Waals surface area contributed by atoms with Crippen LogP contribution >= 0.6 is 0 Å². The minimum Gasteiger partial charge on any atom is -0.393 e. The molecule has 14 heteroatoms. The first-order valence-electron chi connectivity index (χ1n) is 17.3. The van der Waals surface area contributed by atoms with Crippen LogP contribution in [0.15, 0.2) is 0 Å². The first-order chi connectivity index (χ1) is 21.4. The lowest BCUT2D eigenvalue weighted by Gasteiger charge is -2.40. The number of β-amino-alcohol motifs (C(OH)–C–C–N with tert-alkyl or cyclic N) is 2. The third kappa shape index (κ3) is 14.6. The summed E-state index contributed by atoms with van der Waals surface area (Å²) in [5, 5.41) is 37.1. The predicted molar refractivity (Wildman–Crippen MR) is 173 cm³/mol. The Bertz CT molecular complexity index is 861. The standard InChI is InChI=1S/C9H16F3NO.C8H14F3NO.2C8H17NO/c1-7(2)13-5-3-8(14,4-6-13)9(10,11)12;1-6(2)12-4-3-7(13,5-12)8(9,10)11;1-7(2)9-5-3-8(10)4-6-9;1-7(2)9-5-3-4-8(10)6-9/h7,14H,3-6H2,1-2H3;6,13H,3-5H2,1-2H3;2*7-8,10H,3-6H2,1-2H3. The van der Waals surface area contributed by atoms with Crippen LogP contribution in [0.2, 0.25) is 0 Å². The van der Waals surface area contributed by atoms with E-state index in [9.17, 15) is 46.8 Å². The number of aliphatic hydroxyl groups is 4. The average molecular weight is 695 g/mol. The Morgan fingerprint density at radius 3 is 1.21 bits per heavy atom. The summed E-state index contributed by atoms with van der Waals surface area (Å²) in [4.78, 5) is 8.31. The minimum absolute atomic E-state index is 0.0324. The predicted octanol–water partition coefficient (Wildman–Crippen LogP) is 4.88. The van der Waals surface area contributed by atoms with E-state index in [-0.39, 0.29) is 50.1 Å². The summed E-state index contributed by atoms with van der Waals surface area (Å²) in [6.45, 7) is 21.1. The van der Waals surface area contributed by atoms with Gasteiger partial charge in [0.25, 0.3) is 0 Å². The molecule has 4 heterocycles. The topological polar surface area (TPSA) is 93.9 Å². The van der Waals surface area contributed by atoms with Crippen LogP contribution in [0.4, 0.5) is 26.3 Å². The van der Waals surface area contributed by atoms with E-state index in [1.54, 1.807) is 4.90 Å². The van der Waals surface area contributed by atoms with Gasteiger partial charge in [0.05, 0.1) is 12.2 Å². The summed E-state index contributed by atoms with van der Waals surface area (Å²) in [6, 6.07) is 1.53. The molecule has 0 spiro atoms. The van der Waals surface area contributed by atoms with Crippen molar-refractivity contribution in [2.45, 2.75) is 160 Å². The van der Waals surface area contributed by atoms with Crippen molar-refractivity contribution in [3.05, 3.63) is 0 Å². The van der Waals surface area contributed by atoms with Gasteiger partial charge in [-0.3, -0.25) is 9.80 Å². The average Bonchev–Trinajstić information content (AvgIpc) is 3.38. The molecule has 4 fully saturated rings. The molecule has 4 rings (SSSR count). The third-order valence-corrected chi connectivity index (χ3v) is 9.81. The van der Waals surface area contributed by atoms with E-state index >= 15 is 0 Å². The number of alkyl halides is 6. The van der Waals surface area contributed by atoms with Gasteiger partial charge in [-0.25, -0.2) is 0 Å². The normalized spacial score (nSPS) is 27.3. The summed E-state index contributed by atoms with van der Waals surface area (Å²) in [5.74, 6) is 0. The summed E-state index contributed by atoms with van der Waals surface area (Å²) in [7, 11) is 0. The number of halogens is 6. The SMILES string of the molecule is CC(C)N1CCC(O)(C(F)(F)F)C1.CC(C)N1CCC(O)(C(F)(F)F)CC1.CC(C)N1CCC(O)CC1.CC(C)N1CCCC(O)C1. The molecular formula is C33H64F6N4O4. The van der Waals surface area contributed by atoms with Gasteiger partial charge in [-0.1, -0.05) is 0 Å². The Hall–Kier alpha value is -0.740. The lowest BCUT2D eigenvalue weighted by molar-refractivity contribution is -0.273. The maximum Gasteiger partial charge on any atom is 0.418 e. The molecule has 0 amide bonds. The fourth-order valence-electron chi connectivity index (χ4n) is 6.04. The van der Waals surface area contributed by atoms with Gasteiger partial charge >= 0.3 is 12.4 Å². The number of rotatable bonds is 4. The number of nitrogens with zero attached hydrogens (tertiary/aromatic N) is 4. The van der Waals surface area contributed by atoms with Crippen molar-refractivity contribution in [2.24, 2.45) is 0 Å². The molecule has 0 aromatic carbocycles. The summed E-state index contributed by atoms with van der Waals surface area (Å²) < 4.78 is 74.1. The Kier molecular flexibility index (Phi) is 17.9. The van der Waals surface area contributed by atoms with Crippen LogP contribution in [-0.4, -0.2) is 152 Å². The number of aliphatic hydroxyl groups excluding tert-OH is 2. The van der Waals surface area contributed by atoms with Gasteiger partial charge in [-0.15, -0.1) is 0 Å². The Morgan fingerprint density at radius 2 is 0.894 bits per heavy atom. The number of piperidine rings is 3. The van der Waals surface area contributed by atoms with Crippen molar-refractivity contribution >= 4 is 0 Å². The molecule has 0 aromatic heterocycles. The van der Waals surface area contributed by atoms with Crippen molar-refractivity contribution < 1.29 is 46.8 Å². The smallest absolute Gasteiger partial charge is 0.393 e. The van der Waals surface area contributed by atoms with E-state index in [4.69, 9.17) is 0 Å². The van der Waals surface area contributed by atoms with Gasteiger partial charge < -0.3 is 30.2 Å². The van der Waals surface area contributed by atoms with Crippen LogP contribution in [0, 0.1) is 0 Å². The fourth-order valence-corrected chi connectivity index (χ4v) is 6.04. The van der Waals surface area contributed by atoms with Crippen LogP contribution in [0.25, 0.3) is 0 Å². The molecule has 0 aliphatic carbocycles. The van der Waals surface area contributed by atoms with Gasteiger partial charge in [0.1, 0.15) is 0 Å². The summed E-state index contributed by atoms with van der Waals surface area (Å²) in [6.07, 6.45) is -5.69. The molecule has 0 bridgehead atoms. The molecule has 0 saturated carbocycles. The van der Waals surface area contributed by atoms with Crippen molar-refractivity contribution in [3.8, 4) is 0 Å². The first kappa shape index (κ1) is 44.3. The monoisotopic (exact) mass is 694 g/mol. The molecule has 4 saturated heterocycles. The van der Waals surface area contributed by atoms with E-state index in [2.05, 4.69) is 37.5 Å². The number of likely N-dealkylation sites (tertiary alicyclic amines) is 4. The largest absolute Gasteiger partial charge is 0.418 e. The van der Waals surface area contributed by atoms with Crippen LogP contribution in [0.5, 0.6) is 0 Å². The second-order valence-corrected chi connectivity index (χ2v) is 14.7. The zero-order chi connectivity index (χ0) is 36.4. The first-order valence-corrected chi connectivity index (χ1v) is 17.3. The van der Waals surface area contributed by atoms with Crippen LogP contribution in [0.3, 0.4) is 0 Å². The molecule has 4 aliphatic heterocycles. The molecule has 2 atom stereocenters. The maximum absolute atomic E-state index is 12.4. The molecule has 4 N–H and O–H groups in total. The maximum atomic E-state index is 12.4. The Balaban J connectivity index is 0.000000317. The summed E-state index contributed by atoms with van der Waals surface area (Å²) in [5.41, 5.74) is -4.95. The van der Waals surface area contributed by atoms with Crippen molar-refractivity contribution in [2.75, 3.05) is 52.4 Å². The van der Waals surface area contributed by atoms with E-state index < -0.39 is 23.6 Å². The Morgan fingerprint density at radius 1 is 0.511 bits per heavy atom. The van der Waals surface area contributed by atoms with Gasteiger partial charge in [0.2, 0.25) is 0 Å². The molecule has 4 aliphatic rings. The lowest BCUT2D eigenvalue weighted by Crippen LogP contribution is -2.54. The lowest BCUT2D eigenvalue weighted by atomic mass is 9.90. The highest BCUT2D eigenvalue weighted by Crippen LogP contribution is 2.39. The van der Waals surface area contributed by atoms with E-state index in [0.717, 1.165) is 51.9 Å². The zero-order valence-electron chi connectivity index (χ0n) is 29.9.